The van der Waals surface area contributed by atoms with E-state index in [2.05, 4.69) is 10.6 Å². The minimum absolute atomic E-state index is 0.191. The third-order valence-corrected chi connectivity index (χ3v) is 4.82. The molecule has 4 rings (SSSR count). The SMILES string of the molecule is CCC(=O)Nc1cc(F)cc(C#N)c1.N#Cc1ccc(F)c(NCc2ccc3c(c2)OCCO3)c1. The lowest BCUT2D eigenvalue weighted by Crippen LogP contribution is -2.15. The summed E-state index contributed by atoms with van der Waals surface area (Å²) in [6.45, 7) is 3.21. The summed E-state index contributed by atoms with van der Waals surface area (Å²) in [7, 11) is 0. The number of nitrogens with zero attached hydrogens (tertiary/aromatic N) is 2. The fourth-order valence-electron chi connectivity index (χ4n) is 3.10. The summed E-state index contributed by atoms with van der Waals surface area (Å²) in [5.41, 5.74) is 2.18. The van der Waals surface area contributed by atoms with Crippen LogP contribution in [0.2, 0.25) is 0 Å². The van der Waals surface area contributed by atoms with Crippen LogP contribution in [0.1, 0.15) is 30.0 Å². The number of ether oxygens (including phenoxy) is 2. The normalized spacial score (nSPS) is 11.2. The molecule has 3 aromatic carbocycles. The third kappa shape index (κ3) is 7.18. The van der Waals surface area contributed by atoms with Crippen LogP contribution in [0.3, 0.4) is 0 Å². The van der Waals surface area contributed by atoms with Crippen LogP contribution in [0.15, 0.2) is 54.6 Å². The summed E-state index contributed by atoms with van der Waals surface area (Å²) >= 11 is 0. The monoisotopic (exact) mass is 476 g/mol. The summed E-state index contributed by atoms with van der Waals surface area (Å²) in [5.74, 6) is 0.302. The number of anilines is 2. The van der Waals surface area contributed by atoms with Gasteiger partial charge in [-0.3, -0.25) is 4.79 Å². The smallest absolute Gasteiger partial charge is 0.224 e. The molecule has 178 valence electrons. The van der Waals surface area contributed by atoms with Gasteiger partial charge in [-0.15, -0.1) is 0 Å². The molecule has 3 aromatic rings. The molecule has 1 amide bonds. The number of rotatable bonds is 5. The first-order valence-corrected chi connectivity index (χ1v) is 10.7. The predicted molar refractivity (Wildman–Crippen MR) is 126 cm³/mol. The molecule has 0 atom stereocenters. The first-order chi connectivity index (χ1) is 16.9. The maximum absolute atomic E-state index is 13.7. The molecule has 0 bridgehead atoms. The van der Waals surface area contributed by atoms with E-state index in [1.807, 2.05) is 30.3 Å². The van der Waals surface area contributed by atoms with Gasteiger partial charge in [-0.05, 0) is 54.1 Å². The van der Waals surface area contributed by atoms with Gasteiger partial charge < -0.3 is 20.1 Å². The van der Waals surface area contributed by atoms with Gasteiger partial charge in [-0.2, -0.15) is 10.5 Å². The quantitative estimate of drug-likeness (QED) is 0.529. The van der Waals surface area contributed by atoms with Gasteiger partial charge in [0.25, 0.3) is 0 Å². The molecular formula is C26H22F2N4O3. The number of amides is 1. The Bertz CT molecular complexity index is 1300. The second kappa shape index (κ2) is 12.0. The molecule has 0 spiro atoms. The fraction of sp³-hybridized carbons (Fsp3) is 0.192. The molecule has 1 aliphatic heterocycles. The fourth-order valence-corrected chi connectivity index (χ4v) is 3.10. The largest absolute Gasteiger partial charge is 0.486 e. The number of carbonyl (C=O) groups excluding carboxylic acids is 1. The van der Waals surface area contributed by atoms with E-state index in [-0.39, 0.29) is 17.3 Å². The first-order valence-electron chi connectivity index (χ1n) is 10.7. The topological polar surface area (TPSA) is 107 Å². The number of hydrogen-bond acceptors (Lipinski definition) is 6. The number of fused-ring (bicyclic) bond motifs is 1. The Hall–Kier alpha value is -4.63. The summed E-state index contributed by atoms with van der Waals surface area (Å²) in [6.07, 6.45) is 0.318. The molecule has 0 aromatic heterocycles. The van der Waals surface area contributed by atoms with Crippen molar-refractivity contribution >= 4 is 17.3 Å². The van der Waals surface area contributed by atoms with Crippen molar-refractivity contribution in [3.8, 4) is 23.6 Å². The van der Waals surface area contributed by atoms with Gasteiger partial charge in [0.05, 0.1) is 29.0 Å². The zero-order chi connectivity index (χ0) is 25.2. The van der Waals surface area contributed by atoms with Crippen LogP contribution < -0.4 is 20.1 Å². The van der Waals surface area contributed by atoms with Crippen molar-refractivity contribution in [2.24, 2.45) is 0 Å². The molecule has 0 radical (unpaired) electrons. The summed E-state index contributed by atoms with van der Waals surface area (Å²) in [6, 6.07) is 17.3. The van der Waals surface area contributed by atoms with Crippen LogP contribution in [0.25, 0.3) is 0 Å². The molecule has 7 nitrogen and oxygen atoms in total. The van der Waals surface area contributed by atoms with E-state index in [9.17, 15) is 13.6 Å². The lowest BCUT2D eigenvalue weighted by atomic mass is 10.1. The van der Waals surface area contributed by atoms with E-state index in [0.29, 0.717) is 48.9 Å². The number of benzene rings is 3. The summed E-state index contributed by atoms with van der Waals surface area (Å²) in [5, 5.41) is 22.9. The lowest BCUT2D eigenvalue weighted by Gasteiger charge is -2.19. The van der Waals surface area contributed by atoms with Gasteiger partial charge in [0.1, 0.15) is 24.8 Å². The van der Waals surface area contributed by atoms with Crippen molar-refractivity contribution in [2.75, 3.05) is 23.8 Å². The molecule has 0 saturated carbocycles. The Morgan fingerprint density at radius 1 is 0.943 bits per heavy atom. The Morgan fingerprint density at radius 3 is 2.40 bits per heavy atom. The highest BCUT2D eigenvalue weighted by Crippen LogP contribution is 2.31. The van der Waals surface area contributed by atoms with Gasteiger partial charge in [-0.25, -0.2) is 8.78 Å². The van der Waals surface area contributed by atoms with E-state index in [0.717, 1.165) is 17.4 Å². The number of nitrogens with one attached hydrogen (secondary N) is 2. The van der Waals surface area contributed by atoms with Gasteiger partial charge in [0, 0.05) is 18.7 Å². The highest BCUT2D eigenvalue weighted by atomic mass is 19.1. The van der Waals surface area contributed by atoms with Crippen molar-refractivity contribution in [1.82, 2.24) is 0 Å². The Morgan fingerprint density at radius 2 is 1.69 bits per heavy atom. The Labute approximate surface area is 201 Å². The zero-order valence-corrected chi connectivity index (χ0v) is 18.9. The molecule has 9 heteroatoms. The van der Waals surface area contributed by atoms with E-state index in [1.54, 1.807) is 6.92 Å². The highest BCUT2D eigenvalue weighted by Gasteiger charge is 2.12. The third-order valence-electron chi connectivity index (χ3n) is 4.82. The Kier molecular flexibility index (Phi) is 8.58. The average Bonchev–Trinajstić information content (AvgIpc) is 2.88. The van der Waals surface area contributed by atoms with Gasteiger partial charge in [0.2, 0.25) is 5.91 Å². The van der Waals surface area contributed by atoms with E-state index < -0.39 is 5.82 Å². The second-order valence-corrected chi connectivity index (χ2v) is 7.38. The second-order valence-electron chi connectivity index (χ2n) is 7.38. The standard InChI is InChI=1S/C16H13FN2O2.C10H9FN2O/c17-13-3-1-11(9-18)7-14(13)19-10-12-2-4-15-16(8-12)21-6-5-20-15;1-2-10(14)13-9-4-7(6-12)3-8(11)5-9/h1-4,7-8,19H,5-6,10H2;3-5H,2H2,1H3,(H,13,14). The van der Waals surface area contributed by atoms with E-state index >= 15 is 0 Å². The minimum atomic E-state index is -0.532. The molecule has 2 N–H and O–H groups in total. The molecule has 1 aliphatic rings. The molecular weight excluding hydrogens is 454 g/mol. The van der Waals surface area contributed by atoms with Crippen LogP contribution in [0.4, 0.5) is 20.2 Å². The zero-order valence-electron chi connectivity index (χ0n) is 18.9. The number of carbonyl (C=O) groups is 1. The molecule has 0 saturated heterocycles. The lowest BCUT2D eigenvalue weighted by molar-refractivity contribution is -0.115. The molecule has 0 fully saturated rings. The predicted octanol–water partition coefficient (Wildman–Crippen LogP) is 5.13. The average molecular weight is 476 g/mol. The van der Waals surface area contributed by atoms with Crippen molar-refractivity contribution in [1.29, 1.82) is 10.5 Å². The summed E-state index contributed by atoms with van der Waals surface area (Å²) in [4.78, 5) is 11.0. The maximum atomic E-state index is 13.7. The van der Waals surface area contributed by atoms with Crippen LogP contribution in [-0.2, 0) is 11.3 Å². The number of nitriles is 2. The van der Waals surface area contributed by atoms with Gasteiger partial charge in [0.15, 0.2) is 11.5 Å². The van der Waals surface area contributed by atoms with Crippen LogP contribution >= 0.6 is 0 Å². The van der Waals surface area contributed by atoms with E-state index in [4.69, 9.17) is 20.0 Å². The minimum Gasteiger partial charge on any atom is -0.486 e. The van der Waals surface area contributed by atoms with Crippen molar-refractivity contribution < 1.29 is 23.0 Å². The van der Waals surface area contributed by atoms with Crippen molar-refractivity contribution in [3.63, 3.8) is 0 Å². The summed E-state index contributed by atoms with van der Waals surface area (Å²) < 4.78 is 37.5. The van der Waals surface area contributed by atoms with Crippen LogP contribution in [-0.4, -0.2) is 19.1 Å². The number of hydrogen-bond donors (Lipinski definition) is 2. The molecule has 1 heterocycles. The molecule has 0 aliphatic carbocycles. The van der Waals surface area contributed by atoms with Gasteiger partial charge >= 0.3 is 0 Å². The maximum Gasteiger partial charge on any atom is 0.224 e. The molecule has 35 heavy (non-hydrogen) atoms. The van der Waals surface area contributed by atoms with Crippen LogP contribution in [0.5, 0.6) is 11.5 Å². The van der Waals surface area contributed by atoms with Gasteiger partial charge in [-0.1, -0.05) is 13.0 Å². The Balaban J connectivity index is 0.000000214. The highest BCUT2D eigenvalue weighted by molar-refractivity contribution is 5.90. The van der Waals surface area contributed by atoms with Crippen molar-refractivity contribution in [2.45, 2.75) is 19.9 Å². The molecule has 0 unspecified atom stereocenters. The van der Waals surface area contributed by atoms with Crippen LogP contribution in [0, 0.1) is 34.3 Å². The first kappa shape index (κ1) is 25.0. The van der Waals surface area contributed by atoms with E-state index in [1.165, 1.54) is 30.3 Å². The van der Waals surface area contributed by atoms with Crippen molar-refractivity contribution in [3.05, 3.63) is 82.9 Å². The number of halogens is 2.